The molecule has 0 saturated heterocycles. The summed E-state index contributed by atoms with van der Waals surface area (Å²) < 4.78 is 14.1. The number of benzene rings is 1. The van der Waals surface area contributed by atoms with Crippen LogP contribution in [0.3, 0.4) is 0 Å². The van der Waals surface area contributed by atoms with Crippen molar-refractivity contribution in [2.45, 2.75) is 51.4 Å². The van der Waals surface area contributed by atoms with Crippen LogP contribution in [0.4, 0.5) is 20.3 Å². The number of halogens is 1. The van der Waals surface area contributed by atoms with Gasteiger partial charge in [-0.2, -0.15) is 0 Å². The molecule has 1 fully saturated rings. The van der Waals surface area contributed by atoms with Crippen LogP contribution in [0, 0.1) is 5.82 Å². The molecule has 0 bridgehead atoms. The SMILES string of the molecule is CC(C)Nc1ncc(-c2cc(-c3ccc(F)cc3CNC(=O)NC3CC3)nc(NCC(O)CO)n2)s1. The number of nitrogens with one attached hydrogen (secondary N) is 4. The van der Waals surface area contributed by atoms with Crippen LogP contribution in [0.15, 0.2) is 30.5 Å². The summed E-state index contributed by atoms with van der Waals surface area (Å²) in [5.74, 6) is -0.194. The summed E-state index contributed by atoms with van der Waals surface area (Å²) in [6.07, 6.45) is 2.66. The molecule has 6 N–H and O–H groups in total. The molecule has 4 rings (SSSR count). The highest BCUT2D eigenvalue weighted by Crippen LogP contribution is 2.32. The number of hydrogen-bond acceptors (Lipinski definition) is 9. The van der Waals surface area contributed by atoms with Crippen molar-refractivity contribution in [3.8, 4) is 21.8 Å². The Balaban J connectivity index is 1.66. The van der Waals surface area contributed by atoms with Crippen molar-refractivity contribution in [3.05, 3.63) is 41.8 Å². The molecule has 0 spiro atoms. The molecule has 0 aliphatic heterocycles. The van der Waals surface area contributed by atoms with Crippen LogP contribution in [-0.4, -0.2) is 62.5 Å². The van der Waals surface area contributed by atoms with Gasteiger partial charge in [-0.3, -0.25) is 0 Å². The molecular weight excluding hydrogens is 485 g/mol. The highest BCUT2D eigenvalue weighted by molar-refractivity contribution is 7.18. The third-order valence-corrected chi connectivity index (χ3v) is 6.25. The minimum atomic E-state index is -0.985. The number of hydrogen-bond donors (Lipinski definition) is 6. The first kappa shape index (κ1) is 25.7. The molecule has 1 saturated carbocycles. The Hall–Kier alpha value is -3.35. The van der Waals surface area contributed by atoms with E-state index in [9.17, 15) is 14.3 Å². The molecule has 2 amide bonds. The minimum absolute atomic E-state index is 0.0431. The highest BCUT2D eigenvalue weighted by Gasteiger charge is 2.23. The average Bonchev–Trinajstić information content (AvgIpc) is 3.54. The Labute approximate surface area is 212 Å². The molecule has 2 heterocycles. The Morgan fingerprint density at radius 1 is 1.22 bits per heavy atom. The third kappa shape index (κ3) is 7.09. The van der Waals surface area contributed by atoms with Gasteiger partial charge in [0.15, 0.2) is 5.13 Å². The molecule has 1 aliphatic rings. The van der Waals surface area contributed by atoms with E-state index < -0.39 is 18.5 Å². The zero-order valence-corrected chi connectivity index (χ0v) is 20.9. The topological polar surface area (TPSA) is 144 Å². The van der Waals surface area contributed by atoms with E-state index in [0.29, 0.717) is 22.5 Å². The zero-order chi connectivity index (χ0) is 25.7. The number of carbonyl (C=O) groups is 1. The van der Waals surface area contributed by atoms with Crippen LogP contribution in [-0.2, 0) is 6.54 Å². The van der Waals surface area contributed by atoms with Crippen molar-refractivity contribution in [2.75, 3.05) is 23.8 Å². The smallest absolute Gasteiger partial charge is 0.315 e. The number of anilines is 2. The quantitative estimate of drug-likeness (QED) is 0.229. The van der Waals surface area contributed by atoms with E-state index in [-0.39, 0.29) is 37.2 Å². The standard InChI is InChI=1S/C24H30FN7O3S/c1-13(2)29-24-28-11-21(36-24)20-8-19(31-22(32-20)26-10-17(34)12-33)18-6-3-15(25)7-14(18)9-27-23(35)30-16-4-5-16/h3,6-8,11,13,16-17,33-34H,4-5,9-10,12H2,1-2H3,(H,28,29)(H,26,31,32)(H2,27,30,35). The number of aliphatic hydroxyl groups is 2. The van der Waals surface area contributed by atoms with E-state index in [0.717, 1.165) is 22.9 Å². The van der Waals surface area contributed by atoms with Crippen LogP contribution >= 0.6 is 11.3 Å². The lowest BCUT2D eigenvalue weighted by Gasteiger charge is -2.14. The van der Waals surface area contributed by atoms with Crippen LogP contribution in [0.25, 0.3) is 21.8 Å². The molecule has 1 unspecified atom stereocenters. The van der Waals surface area contributed by atoms with Crippen molar-refractivity contribution in [3.63, 3.8) is 0 Å². The van der Waals surface area contributed by atoms with Gasteiger partial charge in [0.25, 0.3) is 0 Å². The molecule has 0 radical (unpaired) electrons. The van der Waals surface area contributed by atoms with Crippen molar-refractivity contribution in [1.82, 2.24) is 25.6 Å². The van der Waals surface area contributed by atoms with Gasteiger partial charge in [-0.1, -0.05) is 11.3 Å². The lowest BCUT2D eigenvalue weighted by atomic mass is 10.0. The number of nitrogens with zero attached hydrogens (tertiary/aromatic N) is 3. The first-order valence-electron chi connectivity index (χ1n) is 11.8. The van der Waals surface area contributed by atoms with Gasteiger partial charge in [0.05, 0.1) is 29.0 Å². The fourth-order valence-corrected chi connectivity index (χ4v) is 4.29. The Morgan fingerprint density at radius 2 is 2.00 bits per heavy atom. The summed E-state index contributed by atoms with van der Waals surface area (Å²) in [6.45, 7) is 3.79. The molecule has 1 atom stereocenters. The Kier molecular flexibility index (Phi) is 8.28. The van der Waals surface area contributed by atoms with Crippen molar-refractivity contribution >= 4 is 28.4 Å². The first-order chi connectivity index (χ1) is 17.3. The zero-order valence-electron chi connectivity index (χ0n) is 20.1. The minimum Gasteiger partial charge on any atom is -0.394 e. The lowest BCUT2D eigenvalue weighted by molar-refractivity contribution is 0.105. The third-order valence-electron chi connectivity index (χ3n) is 5.30. The highest BCUT2D eigenvalue weighted by atomic mass is 32.1. The van der Waals surface area contributed by atoms with Gasteiger partial charge >= 0.3 is 6.03 Å². The van der Waals surface area contributed by atoms with E-state index >= 15 is 0 Å². The maximum Gasteiger partial charge on any atom is 0.315 e. The van der Waals surface area contributed by atoms with Gasteiger partial charge in [0.1, 0.15) is 5.82 Å². The van der Waals surface area contributed by atoms with E-state index in [1.807, 2.05) is 13.8 Å². The van der Waals surface area contributed by atoms with Gasteiger partial charge in [-0.25, -0.2) is 24.1 Å². The monoisotopic (exact) mass is 515 g/mol. The summed E-state index contributed by atoms with van der Waals surface area (Å²) in [7, 11) is 0. The summed E-state index contributed by atoms with van der Waals surface area (Å²) in [4.78, 5) is 26.5. The number of rotatable bonds is 11. The maximum atomic E-state index is 14.1. The molecule has 1 aromatic carbocycles. The van der Waals surface area contributed by atoms with Gasteiger partial charge < -0.3 is 31.5 Å². The molecule has 3 aromatic rings. The van der Waals surface area contributed by atoms with Gasteiger partial charge in [0.2, 0.25) is 5.95 Å². The van der Waals surface area contributed by atoms with Gasteiger partial charge in [-0.15, -0.1) is 0 Å². The number of urea groups is 1. The van der Waals surface area contributed by atoms with E-state index in [1.54, 1.807) is 18.3 Å². The van der Waals surface area contributed by atoms with Crippen LogP contribution < -0.4 is 21.3 Å². The predicted molar refractivity (Wildman–Crippen MR) is 137 cm³/mol. The second-order valence-corrected chi connectivity index (χ2v) is 9.94. The average molecular weight is 516 g/mol. The van der Waals surface area contributed by atoms with Crippen LogP contribution in [0.5, 0.6) is 0 Å². The Bertz CT molecular complexity index is 1200. The predicted octanol–water partition coefficient (Wildman–Crippen LogP) is 2.95. The normalized spacial score (nSPS) is 13.9. The number of carbonyl (C=O) groups excluding carboxylic acids is 1. The molecule has 12 heteroatoms. The first-order valence-corrected chi connectivity index (χ1v) is 12.6. The number of amides is 2. The van der Waals surface area contributed by atoms with Crippen molar-refractivity contribution < 1.29 is 19.4 Å². The summed E-state index contributed by atoms with van der Waals surface area (Å²) in [6, 6.07) is 6.22. The largest absolute Gasteiger partial charge is 0.394 e. The summed E-state index contributed by atoms with van der Waals surface area (Å²) >= 11 is 1.43. The van der Waals surface area contributed by atoms with Gasteiger partial charge in [0, 0.05) is 36.9 Å². The van der Waals surface area contributed by atoms with Crippen molar-refractivity contribution in [1.29, 1.82) is 0 Å². The van der Waals surface area contributed by atoms with Crippen LogP contribution in [0.2, 0.25) is 0 Å². The van der Waals surface area contributed by atoms with Gasteiger partial charge in [-0.05, 0) is 56.5 Å². The number of aromatic nitrogens is 3. The fourth-order valence-electron chi connectivity index (χ4n) is 3.37. The second kappa shape index (κ2) is 11.6. The van der Waals surface area contributed by atoms with E-state index in [4.69, 9.17) is 5.11 Å². The lowest BCUT2D eigenvalue weighted by Crippen LogP contribution is -2.36. The summed E-state index contributed by atoms with van der Waals surface area (Å²) in [5, 5.41) is 31.5. The van der Waals surface area contributed by atoms with Crippen LogP contribution in [0.1, 0.15) is 32.3 Å². The molecule has 1 aliphatic carbocycles. The molecule has 2 aromatic heterocycles. The molecular formula is C24H30FN7O3S. The summed E-state index contributed by atoms with van der Waals surface area (Å²) in [5.41, 5.74) is 2.28. The van der Waals surface area contributed by atoms with Crippen molar-refractivity contribution in [2.24, 2.45) is 0 Å². The number of aliphatic hydroxyl groups excluding tert-OH is 2. The maximum absolute atomic E-state index is 14.1. The molecule has 36 heavy (non-hydrogen) atoms. The fraction of sp³-hybridized carbons (Fsp3) is 0.417. The molecule has 10 nitrogen and oxygen atoms in total. The second-order valence-electron chi connectivity index (χ2n) is 8.91. The van der Waals surface area contributed by atoms with E-state index in [2.05, 4.69) is 36.2 Å². The van der Waals surface area contributed by atoms with E-state index in [1.165, 1.54) is 23.5 Å². The number of thiazole rings is 1. The molecule has 192 valence electrons. The Morgan fingerprint density at radius 3 is 2.72 bits per heavy atom.